The summed E-state index contributed by atoms with van der Waals surface area (Å²) in [6, 6.07) is 26.3. The molecule has 3 aromatic carbocycles. The molecule has 0 saturated carbocycles. The Balaban J connectivity index is 1.00. The highest BCUT2D eigenvalue weighted by Gasteiger charge is 2.38. The summed E-state index contributed by atoms with van der Waals surface area (Å²) in [6.07, 6.45) is 5.84. The molecule has 0 aliphatic carbocycles. The number of aromatic amines is 2. The Morgan fingerprint density at radius 1 is 0.754 bits per heavy atom. The average Bonchev–Trinajstić information content (AvgIpc) is 4.07. The molecule has 2 saturated heterocycles. The van der Waals surface area contributed by atoms with E-state index < -0.39 is 12.2 Å². The van der Waals surface area contributed by atoms with Crippen LogP contribution in [0, 0.1) is 5.92 Å². The van der Waals surface area contributed by atoms with Gasteiger partial charge in [0.25, 0.3) is 0 Å². The standard InChI is InChI=1S/C45H54N8O4/c1-5-51(6-2)41(34-12-8-7-9-13-34)44(55)53-25-11-15-38(53)43-48-28-36(50-43)33-22-18-31(19-23-33)30-16-20-32(21-17-30)35-27-47-42(49-35)37-14-10-24-52(37)40(54)26-39(29(3)4)57-45(46)56/h7-9,12-13,16-23,27-29,37-39,41H,5-6,10-11,14-15,24-26H2,1-4H3,(H2,46,56)(H,47,49)(H,48,50)/t37-,38-,39+,41+/m0/s1. The number of amides is 3. The number of carbonyl (C=O) groups is 3. The van der Waals surface area contributed by atoms with Crippen molar-refractivity contribution in [1.29, 1.82) is 0 Å². The van der Waals surface area contributed by atoms with Crippen LogP contribution < -0.4 is 5.73 Å². The molecule has 4 atom stereocenters. The first-order chi connectivity index (χ1) is 27.6. The second-order valence-corrected chi connectivity index (χ2v) is 15.4. The number of likely N-dealkylation sites (N-methyl/N-ethyl adjacent to an activating group) is 1. The van der Waals surface area contributed by atoms with Gasteiger partial charge in [-0.25, -0.2) is 14.8 Å². The first kappa shape index (κ1) is 39.5. The smallest absolute Gasteiger partial charge is 0.404 e. The first-order valence-electron chi connectivity index (χ1n) is 20.3. The molecule has 298 valence electrons. The van der Waals surface area contributed by atoms with Crippen molar-refractivity contribution in [2.45, 2.75) is 84.0 Å². The maximum absolute atomic E-state index is 14.2. The number of nitrogens with two attached hydrogens (primary N) is 1. The molecular formula is C45H54N8O4. The maximum Gasteiger partial charge on any atom is 0.404 e. The average molecular weight is 771 g/mol. The highest BCUT2D eigenvalue weighted by molar-refractivity contribution is 5.84. The number of aromatic nitrogens is 4. The van der Waals surface area contributed by atoms with Crippen molar-refractivity contribution in [3.63, 3.8) is 0 Å². The number of likely N-dealkylation sites (tertiary alicyclic amines) is 2. The number of benzene rings is 3. The van der Waals surface area contributed by atoms with Crippen LogP contribution in [0.5, 0.6) is 0 Å². The van der Waals surface area contributed by atoms with E-state index in [0.717, 1.165) is 96.2 Å². The van der Waals surface area contributed by atoms with Crippen LogP contribution in [0.15, 0.2) is 91.3 Å². The maximum atomic E-state index is 14.2. The van der Waals surface area contributed by atoms with E-state index in [4.69, 9.17) is 15.5 Å². The number of imidazole rings is 2. The Bertz CT molecular complexity index is 2120. The highest BCUT2D eigenvalue weighted by Crippen LogP contribution is 2.37. The molecule has 12 heteroatoms. The molecule has 7 rings (SSSR count). The minimum Gasteiger partial charge on any atom is -0.446 e. The molecule has 4 N–H and O–H groups in total. The van der Waals surface area contributed by atoms with E-state index in [2.05, 4.69) is 94.4 Å². The third-order valence-electron chi connectivity index (χ3n) is 11.6. The van der Waals surface area contributed by atoms with Gasteiger partial charge in [0, 0.05) is 13.1 Å². The molecule has 0 radical (unpaired) electrons. The zero-order chi connectivity index (χ0) is 40.1. The van der Waals surface area contributed by atoms with Crippen molar-refractivity contribution in [1.82, 2.24) is 34.6 Å². The Hall–Kier alpha value is -5.75. The highest BCUT2D eigenvalue weighted by atomic mass is 16.6. The summed E-state index contributed by atoms with van der Waals surface area (Å²) in [5.41, 5.74) is 12.3. The van der Waals surface area contributed by atoms with Crippen LogP contribution in [0.2, 0.25) is 0 Å². The van der Waals surface area contributed by atoms with Gasteiger partial charge in [-0.3, -0.25) is 14.5 Å². The summed E-state index contributed by atoms with van der Waals surface area (Å²) < 4.78 is 5.22. The Kier molecular flexibility index (Phi) is 12.2. The number of carbonyl (C=O) groups excluding carboxylic acids is 3. The van der Waals surface area contributed by atoms with Gasteiger partial charge >= 0.3 is 6.09 Å². The van der Waals surface area contributed by atoms with Crippen molar-refractivity contribution in [2.75, 3.05) is 26.2 Å². The van der Waals surface area contributed by atoms with E-state index in [1.165, 1.54) is 0 Å². The summed E-state index contributed by atoms with van der Waals surface area (Å²) in [5.74, 6) is 1.59. The van der Waals surface area contributed by atoms with Crippen LogP contribution in [0.25, 0.3) is 33.6 Å². The quantitative estimate of drug-likeness (QED) is 0.103. The third kappa shape index (κ3) is 8.66. The predicted octanol–water partition coefficient (Wildman–Crippen LogP) is 8.05. The molecule has 57 heavy (non-hydrogen) atoms. The van der Waals surface area contributed by atoms with Crippen molar-refractivity contribution in [2.24, 2.45) is 11.7 Å². The fourth-order valence-corrected chi connectivity index (χ4v) is 8.40. The number of hydrogen-bond acceptors (Lipinski definition) is 7. The van der Waals surface area contributed by atoms with Gasteiger partial charge in [0.15, 0.2) is 0 Å². The van der Waals surface area contributed by atoms with Crippen LogP contribution in [-0.4, -0.2) is 84.8 Å². The molecule has 2 aliphatic rings. The van der Waals surface area contributed by atoms with Gasteiger partial charge in [0.05, 0.1) is 42.3 Å². The minimum absolute atomic E-state index is 0.0345. The number of nitrogens with zero attached hydrogens (tertiary/aromatic N) is 5. The second-order valence-electron chi connectivity index (χ2n) is 15.4. The van der Waals surface area contributed by atoms with Gasteiger partial charge in [0.2, 0.25) is 11.8 Å². The zero-order valence-electron chi connectivity index (χ0n) is 33.4. The Morgan fingerprint density at radius 3 is 1.74 bits per heavy atom. The molecule has 3 amide bonds. The van der Waals surface area contributed by atoms with E-state index >= 15 is 0 Å². The molecule has 0 spiro atoms. The number of H-pyrrole nitrogens is 2. The van der Waals surface area contributed by atoms with Gasteiger partial charge in [-0.05, 0) is 72.5 Å². The molecule has 12 nitrogen and oxygen atoms in total. The van der Waals surface area contributed by atoms with Gasteiger partial charge in [-0.1, -0.05) is 107 Å². The molecule has 4 heterocycles. The fourth-order valence-electron chi connectivity index (χ4n) is 8.40. The number of hydrogen-bond donors (Lipinski definition) is 3. The molecule has 2 aliphatic heterocycles. The van der Waals surface area contributed by atoms with Crippen LogP contribution in [0.4, 0.5) is 4.79 Å². The summed E-state index contributed by atoms with van der Waals surface area (Å²) >= 11 is 0. The summed E-state index contributed by atoms with van der Waals surface area (Å²) in [7, 11) is 0. The van der Waals surface area contributed by atoms with Gasteiger partial charge < -0.3 is 30.2 Å². The van der Waals surface area contributed by atoms with Gasteiger partial charge in [-0.15, -0.1) is 0 Å². The monoisotopic (exact) mass is 770 g/mol. The van der Waals surface area contributed by atoms with E-state index in [9.17, 15) is 14.4 Å². The van der Waals surface area contributed by atoms with E-state index in [-0.39, 0.29) is 42.3 Å². The van der Waals surface area contributed by atoms with Crippen molar-refractivity contribution in [3.8, 4) is 33.6 Å². The lowest BCUT2D eigenvalue weighted by Crippen LogP contribution is -2.43. The van der Waals surface area contributed by atoms with Gasteiger partial charge in [0.1, 0.15) is 23.8 Å². The van der Waals surface area contributed by atoms with Crippen molar-refractivity contribution < 1.29 is 19.1 Å². The van der Waals surface area contributed by atoms with Gasteiger partial charge in [-0.2, -0.15) is 0 Å². The summed E-state index contributed by atoms with van der Waals surface area (Å²) in [6.45, 7) is 11.0. The largest absolute Gasteiger partial charge is 0.446 e. The molecule has 2 aromatic heterocycles. The van der Waals surface area contributed by atoms with Crippen LogP contribution in [-0.2, 0) is 14.3 Å². The van der Waals surface area contributed by atoms with Crippen LogP contribution >= 0.6 is 0 Å². The molecule has 5 aromatic rings. The molecule has 0 bridgehead atoms. The second kappa shape index (κ2) is 17.6. The Morgan fingerprint density at radius 2 is 1.25 bits per heavy atom. The zero-order valence-corrected chi connectivity index (χ0v) is 33.4. The molecular weight excluding hydrogens is 717 g/mol. The van der Waals surface area contributed by atoms with Crippen molar-refractivity contribution >= 4 is 17.9 Å². The van der Waals surface area contributed by atoms with E-state index in [1.807, 2.05) is 54.2 Å². The SMILES string of the molecule is CCN(CC)[C@@H](C(=O)N1CCC[C@H]1c1ncc(-c2ccc(-c3ccc(-c4cnc([C@@H]5CCCN5C(=O)C[C@@H](OC(N)=O)C(C)C)[nH]4)cc3)cc2)[nH]1)c1ccccc1. The van der Waals surface area contributed by atoms with E-state index in [1.54, 1.807) is 0 Å². The molecule has 0 unspecified atom stereocenters. The lowest BCUT2D eigenvalue weighted by atomic mass is 10.0. The third-order valence-corrected chi connectivity index (χ3v) is 11.6. The number of nitrogens with one attached hydrogen (secondary N) is 2. The first-order valence-corrected chi connectivity index (χ1v) is 20.3. The number of ether oxygens (including phenoxy) is 1. The summed E-state index contributed by atoms with van der Waals surface area (Å²) in [4.78, 5) is 61.5. The topological polar surface area (TPSA) is 154 Å². The number of primary amides is 1. The molecule has 2 fully saturated rings. The Labute approximate surface area is 334 Å². The summed E-state index contributed by atoms with van der Waals surface area (Å²) in [5, 5.41) is 0. The minimum atomic E-state index is -0.868. The lowest BCUT2D eigenvalue weighted by Gasteiger charge is -2.34. The number of rotatable bonds is 14. The van der Waals surface area contributed by atoms with E-state index in [0.29, 0.717) is 6.54 Å². The fraction of sp³-hybridized carbons (Fsp3) is 0.400. The lowest BCUT2D eigenvalue weighted by molar-refractivity contribution is -0.138. The predicted molar refractivity (Wildman–Crippen MR) is 220 cm³/mol. The van der Waals surface area contributed by atoms with Crippen LogP contribution in [0.3, 0.4) is 0 Å². The van der Waals surface area contributed by atoms with Crippen LogP contribution in [0.1, 0.15) is 95.1 Å². The normalized spacial score (nSPS) is 18.0. The van der Waals surface area contributed by atoms with Crippen molar-refractivity contribution in [3.05, 3.63) is 108 Å².